The molecule has 2 amide bonds. The van der Waals surface area contributed by atoms with Crippen molar-refractivity contribution >= 4 is 6.03 Å². The van der Waals surface area contributed by atoms with Crippen molar-refractivity contribution in [1.29, 1.82) is 0 Å². The van der Waals surface area contributed by atoms with Gasteiger partial charge in [0.15, 0.2) is 0 Å². The van der Waals surface area contributed by atoms with Crippen LogP contribution < -0.4 is 10.6 Å². The summed E-state index contributed by atoms with van der Waals surface area (Å²) in [6, 6.07) is 9.94. The normalized spacial score (nSPS) is 12.2. The smallest absolute Gasteiger partial charge is 0.314 e. The lowest BCUT2D eigenvalue weighted by Crippen LogP contribution is -2.41. The zero-order valence-electron chi connectivity index (χ0n) is 13.4. The van der Waals surface area contributed by atoms with Crippen LogP contribution in [0.5, 0.6) is 0 Å². The molecule has 2 rings (SSSR count). The van der Waals surface area contributed by atoms with Crippen molar-refractivity contribution in [3.8, 4) is 0 Å². The van der Waals surface area contributed by atoms with Crippen LogP contribution in [0.4, 0.5) is 9.18 Å². The Balaban J connectivity index is 1.75. The molecule has 1 aromatic heterocycles. The first-order valence-electron chi connectivity index (χ1n) is 7.53. The van der Waals surface area contributed by atoms with Crippen molar-refractivity contribution in [3.63, 3.8) is 0 Å². The number of urea groups is 1. The molecule has 0 radical (unpaired) electrons. The number of hydrogen-bond acceptors (Lipinski definition) is 3. The SMILES string of the molecule is CN(C)C(CNC(=O)NCCc1ccccc1F)c1ccco1. The molecule has 23 heavy (non-hydrogen) atoms. The zero-order chi connectivity index (χ0) is 16.7. The second-order valence-electron chi connectivity index (χ2n) is 5.47. The lowest BCUT2D eigenvalue weighted by molar-refractivity contribution is 0.225. The number of carbonyl (C=O) groups is 1. The van der Waals surface area contributed by atoms with Crippen molar-refractivity contribution < 1.29 is 13.6 Å². The first-order chi connectivity index (χ1) is 11.1. The maximum Gasteiger partial charge on any atom is 0.314 e. The lowest BCUT2D eigenvalue weighted by Gasteiger charge is -2.22. The van der Waals surface area contributed by atoms with Gasteiger partial charge in [-0.25, -0.2) is 9.18 Å². The number of rotatable bonds is 7. The molecule has 0 spiro atoms. The molecular weight excluding hydrogens is 297 g/mol. The van der Waals surface area contributed by atoms with Gasteiger partial charge in [0.2, 0.25) is 0 Å². The number of likely N-dealkylation sites (N-methyl/N-ethyl adjacent to an activating group) is 1. The van der Waals surface area contributed by atoms with Crippen LogP contribution in [0.3, 0.4) is 0 Å². The van der Waals surface area contributed by atoms with E-state index in [1.807, 2.05) is 31.1 Å². The van der Waals surface area contributed by atoms with E-state index in [4.69, 9.17) is 4.42 Å². The predicted molar refractivity (Wildman–Crippen MR) is 86.6 cm³/mol. The summed E-state index contributed by atoms with van der Waals surface area (Å²) < 4.78 is 18.9. The molecule has 0 aliphatic rings. The Morgan fingerprint density at radius 2 is 2.00 bits per heavy atom. The van der Waals surface area contributed by atoms with E-state index >= 15 is 0 Å². The number of benzene rings is 1. The lowest BCUT2D eigenvalue weighted by atomic mass is 10.1. The first-order valence-corrected chi connectivity index (χ1v) is 7.53. The average Bonchev–Trinajstić information content (AvgIpc) is 3.03. The van der Waals surface area contributed by atoms with Gasteiger partial charge in [-0.1, -0.05) is 18.2 Å². The highest BCUT2D eigenvalue weighted by molar-refractivity contribution is 5.73. The number of carbonyl (C=O) groups excluding carboxylic acids is 1. The number of hydrogen-bond donors (Lipinski definition) is 2. The summed E-state index contributed by atoms with van der Waals surface area (Å²) in [7, 11) is 3.84. The van der Waals surface area contributed by atoms with Gasteiger partial charge in [0.05, 0.1) is 12.3 Å². The summed E-state index contributed by atoms with van der Waals surface area (Å²) in [5.74, 6) is 0.543. The maximum absolute atomic E-state index is 13.5. The van der Waals surface area contributed by atoms with E-state index in [-0.39, 0.29) is 17.9 Å². The summed E-state index contributed by atoms with van der Waals surface area (Å²) in [6.45, 7) is 0.798. The highest BCUT2D eigenvalue weighted by Gasteiger charge is 2.17. The standard InChI is InChI=1S/C17H22FN3O2/c1-21(2)15(16-8-5-11-23-16)12-20-17(22)19-10-9-13-6-3-4-7-14(13)18/h3-8,11,15H,9-10,12H2,1-2H3,(H2,19,20,22). The van der Waals surface area contributed by atoms with Gasteiger partial charge in [0, 0.05) is 13.1 Å². The number of nitrogens with one attached hydrogen (secondary N) is 2. The van der Waals surface area contributed by atoms with Crippen molar-refractivity contribution in [1.82, 2.24) is 15.5 Å². The molecule has 0 fully saturated rings. The monoisotopic (exact) mass is 319 g/mol. The molecule has 124 valence electrons. The van der Waals surface area contributed by atoms with E-state index < -0.39 is 0 Å². The van der Waals surface area contributed by atoms with E-state index in [2.05, 4.69) is 10.6 Å². The molecule has 0 aliphatic heterocycles. The predicted octanol–water partition coefficient (Wildman–Crippen LogP) is 2.56. The van der Waals surface area contributed by atoms with Crippen molar-refractivity contribution in [2.24, 2.45) is 0 Å². The number of amides is 2. The van der Waals surface area contributed by atoms with Crippen LogP contribution in [0.25, 0.3) is 0 Å². The summed E-state index contributed by atoms with van der Waals surface area (Å²) in [6.07, 6.45) is 2.07. The third kappa shape index (κ3) is 5.10. The van der Waals surface area contributed by atoms with Crippen molar-refractivity contribution in [2.75, 3.05) is 27.2 Å². The van der Waals surface area contributed by atoms with Crippen LogP contribution >= 0.6 is 0 Å². The topological polar surface area (TPSA) is 57.5 Å². The molecule has 2 N–H and O–H groups in total. The van der Waals surface area contributed by atoms with Crippen LogP contribution in [0.1, 0.15) is 17.4 Å². The third-order valence-corrected chi connectivity index (χ3v) is 3.59. The largest absolute Gasteiger partial charge is 0.468 e. The molecule has 6 heteroatoms. The fourth-order valence-electron chi connectivity index (χ4n) is 2.28. The Labute approximate surface area is 135 Å². The van der Waals surface area contributed by atoms with Gasteiger partial charge in [-0.15, -0.1) is 0 Å². The molecule has 1 atom stereocenters. The van der Waals surface area contributed by atoms with Crippen LogP contribution in [-0.4, -0.2) is 38.1 Å². The second kappa shape index (κ2) is 8.33. The van der Waals surface area contributed by atoms with Crippen LogP contribution in [0.15, 0.2) is 47.1 Å². The van der Waals surface area contributed by atoms with Gasteiger partial charge < -0.3 is 15.1 Å². The summed E-state index contributed by atoms with van der Waals surface area (Å²) in [4.78, 5) is 13.8. The molecule has 0 bridgehead atoms. The molecule has 0 saturated carbocycles. The Kier molecular flexibility index (Phi) is 6.17. The molecular formula is C17H22FN3O2. The van der Waals surface area contributed by atoms with Gasteiger partial charge in [0.1, 0.15) is 11.6 Å². The van der Waals surface area contributed by atoms with Crippen molar-refractivity contribution in [2.45, 2.75) is 12.5 Å². The van der Waals surface area contributed by atoms with Gasteiger partial charge in [-0.3, -0.25) is 4.90 Å². The zero-order valence-corrected chi connectivity index (χ0v) is 13.4. The minimum absolute atomic E-state index is 0.0395. The number of halogens is 1. The highest BCUT2D eigenvalue weighted by atomic mass is 19.1. The molecule has 1 aromatic carbocycles. The van der Waals surface area contributed by atoms with Crippen LogP contribution in [-0.2, 0) is 6.42 Å². The summed E-state index contributed by atoms with van der Waals surface area (Å²) >= 11 is 0. The first kappa shape index (κ1) is 17.0. The summed E-state index contributed by atoms with van der Waals surface area (Å²) in [5, 5.41) is 5.54. The molecule has 1 heterocycles. The minimum atomic E-state index is -0.278. The number of nitrogens with zero attached hydrogens (tertiary/aromatic N) is 1. The second-order valence-corrected chi connectivity index (χ2v) is 5.47. The highest BCUT2D eigenvalue weighted by Crippen LogP contribution is 2.17. The molecule has 5 nitrogen and oxygen atoms in total. The van der Waals surface area contributed by atoms with Crippen LogP contribution in [0.2, 0.25) is 0 Å². The number of furan rings is 1. The molecule has 2 aromatic rings. The van der Waals surface area contributed by atoms with E-state index in [1.54, 1.807) is 24.5 Å². The average molecular weight is 319 g/mol. The van der Waals surface area contributed by atoms with Gasteiger partial charge >= 0.3 is 6.03 Å². The van der Waals surface area contributed by atoms with Gasteiger partial charge in [-0.2, -0.15) is 0 Å². The minimum Gasteiger partial charge on any atom is -0.468 e. The van der Waals surface area contributed by atoms with Gasteiger partial charge in [0.25, 0.3) is 0 Å². The Morgan fingerprint density at radius 3 is 2.65 bits per heavy atom. The molecule has 1 unspecified atom stereocenters. The van der Waals surface area contributed by atoms with Crippen molar-refractivity contribution in [3.05, 3.63) is 59.8 Å². The fraction of sp³-hybridized carbons (Fsp3) is 0.353. The Bertz CT molecular complexity index is 614. The molecule has 0 saturated heterocycles. The summed E-state index contributed by atoms with van der Waals surface area (Å²) in [5.41, 5.74) is 0.592. The third-order valence-electron chi connectivity index (χ3n) is 3.59. The molecule has 0 aliphatic carbocycles. The quantitative estimate of drug-likeness (QED) is 0.824. The fourth-order valence-corrected chi connectivity index (χ4v) is 2.28. The van der Waals surface area contributed by atoms with E-state index in [9.17, 15) is 9.18 Å². The van der Waals surface area contributed by atoms with E-state index in [0.29, 0.717) is 25.1 Å². The van der Waals surface area contributed by atoms with E-state index in [0.717, 1.165) is 5.76 Å². The maximum atomic E-state index is 13.5. The van der Waals surface area contributed by atoms with Crippen LogP contribution in [0, 0.1) is 5.82 Å². The van der Waals surface area contributed by atoms with Gasteiger partial charge in [-0.05, 0) is 44.3 Å². The van der Waals surface area contributed by atoms with E-state index in [1.165, 1.54) is 6.07 Å². The Morgan fingerprint density at radius 1 is 1.22 bits per heavy atom. The Hall–Kier alpha value is -2.34.